The third kappa shape index (κ3) is 1.72. The van der Waals surface area contributed by atoms with Gasteiger partial charge in [0.05, 0.1) is 0 Å². The van der Waals surface area contributed by atoms with E-state index in [1.165, 1.54) is 6.21 Å². The molecule has 1 aromatic rings. The molecular weight excluding hydrogens is 150 g/mol. The van der Waals surface area contributed by atoms with Crippen LogP contribution in [0.2, 0.25) is 0 Å². The predicted octanol–water partition coefficient (Wildman–Crippen LogP) is 2.05. The fourth-order valence-electron chi connectivity index (χ4n) is 1.22. The Hall–Kier alpha value is -1.12. The second-order valence-corrected chi connectivity index (χ2v) is 2.93. The van der Waals surface area contributed by atoms with Gasteiger partial charge < -0.3 is 9.98 Å². The summed E-state index contributed by atoms with van der Waals surface area (Å²) in [6.07, 6.45) is 6.30. The summed E-state index contributed by atoms with van der Waals surface area (Å²) in [6.45, 7) is 5.12. The standard InChI is InChI=1S/C9H15N3/c1-3-5-12-6-4-11-9(12)8(2)7-10/h4,6-8,10H,3,5H2,1-2H3. The van der Waals surface area contributed by atoms with Crippen LogP contribution in [0.5, 0.6) is 0 Å². The molecule has 0 radical (unpaired) electrons. The van der Waals surface area contributed by atoms with E-state index < -0.39 is 0 Å². The fraction of sp³-hybridized carbons (Fsp3) is 0.556. The van der Waals surface area contributed by atoms with Crippen LogP contribution in [-0.2, 0) is 6.54 Å². The summed E-state index contributed by atoms with van der Waals surface area (Å²) in [5.41, 5.74) is 0. The molecule has 0 aromatic carbocycles. The van der Waals surface area contributed by atoms with Crippen molar-refractivity contribution in [2.24, 2.45) is 0 Å². The largest absolute Gasteiger partial charge is 0.334 e. The second-order valence-electron chi connectivity index (χ2n) is 2.93. The number of nitrogens with one attached hydrogen (secondary N) is 1. The van der Waals surface area contributed by atoms with E-state index in [2.05, 4.69) is 16.5 Å². The van der Waals surface area contributed by atoms with Gasteiger partial charge in [-0.25, -0.2) is 4.98 Å². The van der Waals surface area contributed by atoms with E-state index in [1.807, 2.05) is 13.1 Å². The summed E-state index contributed by atoms with van der Waals surface area (Å²) >= 11 is 0. The maximum absolute atomic E-state index is 7.14. The number of nitrogens with zero attached hydrogens (tertiary/aromatic N) is 2. The second kappa shape index (κ2) is 4.04. The molecule has 1 atom stereocenters. The van der Waals surface area contributed by atoms with E-state index in [0.29, 0.717) is 0 Å². The van der Waals surface area contributed by atoms with Crippen molar-refractivity contribution in [1.29, 1.82) is 5.41 Å². The summed E-state index contributed by atoms with van der Waals surface area (Å²) < 4.78 is 2.11. The molecule has 0 spiro atoms. The highest BCUT2D eigenvalue weighted by Gasteiger charge is 2.07. The molecule has 12 heavy (non-hydrogen) atoms. The van der Waals surface area contributed by atoms with Crippen LogP contribution < -0.4 is 0 Å². The molecule has 0 amide bonds. The van der Waals surface area contributed by atoms with Crippen molar-refractivity contribution in [3.8, 4) is 0 Å². The molecule has 0 bridgehead atoms. The highest BCUT2D eigenvalue weighted by Crippen LogP contribution is 2.10. The molecule has 1 N–H and O–H groups in total. The first-order valence-electron chi connectivity index (χ1n) is 4.31. The van der Waals surface area contributed by atoms with Crippen LogP contribution in [0.15, 0.2) is 12.4 Å². The van der Waals surface area contributed by atoms with Crippen LogP contribution in [0.4, 0.5) is 0 Å². The number of aryl methyl sites for hydroxylation is 1. The van der Waals surface area contributed by atoms with Gasteiger partial charge in [-0.1, -0.05) is 13.8 Å². The molecule has 1 heterocycles. The van der Waals surface area contributed by atoms with Gasteiger partial charge in [0, 0.05) is 31.1 Å². The van der Waals surface area contributed by atoms with Crippen LogP contribution in [0.25, 0.3) is 0 Å². The maximum atomic E-state index is 7.14. The minimum Gasteiger partial charge on any atom is -0.334 e. The SMILES string of the molecule is CCCn1ccnc1C(C)C=N. The van der Waals surface area contributed by atoms with Crippen LogP contribution in [0.3, 0.4) is 0 Å². The van der Waals surface area contributed by atoms with Gasteiger partial charge in [0.15, 0.2) is 0 Å². The molecule has 3 heteroatoms. The Bertz CT molecular complexity index is 252. The molecule has 66 valence electrons. The van der Waals surface area contributed by atoms with Crippen molar-refractivity contribution >= 4 is 6.21 Å². The molecule has 0 aliphatic rings. The van der Waals surface area contributed by atoms with Gasteiger partial charge in [0.2, 0.25) is 0 Å². The lowest BCUT2D eigenvalue weighted by molar-refractivity contribution is 0.634. The van der Waals surface area contributed by atoms with Gasteiger partial charge in [-0.2, -0.15) is 0 Å². The molecule has 0 saturated heterocycles. The van der Waals surface area contributed by atoms with E-state index >= 15 is 0 Å². The highest BCUT2D eigenvalue weighted by molar-refractivity contribution is 5.62. The first-order chi connectivity index (χ1) is 5.79. The topological polar surface area (TPSA) is 41.7 Å². The zero-order chi connectivity index (χ0) is 8.97. The summed E-state index contributed by atoms with van der Waals surface area (Å²) in [4.78, 5) is 4.22. The lowest BCUT2D eigenvalue weighted by Gasteiger charge is -2.08. The highest BCUT2D eigenvalue weighted by atomic mass is 15.1. The van der Waals surface area contributed by atoms with E-state index in [0.717, 1.165) is 18.8 Å². The fourth-order valence-corrected chi connectivity index (χ4v) is 1.22. The Morgan fingerprint density at radius 2 is 2.50 bits per heavy atom. The van der Waals surface area contributed by atoms with Crippen molar-refractivity contribution in [1.82, 2.24) is 9.55 Å². The van der Waals surface area contributed by atoms with E-state index in [-0.39, 0.29) is 5.92 Å². The zero-order valence-corrected chi connectivity index (χ0v) is 7.62. The van der Waals surface area contributed by atoms with E-state index in [1.54, 1.807) is 6.20 Å². The van der Waals surface area contributed by atoms with Crippen molar-refractivity contribution in [2.45, 2.75) is 32.7 Å². The predicted molar refractivity (Wildman–Crippen MR) is 49.7 cm³/mol. The number of imidazole rings is 1. The average Bonchev–Trinajstić information content (AvgIpc) is 2.52. The van der Waals surface area contributed by atoms with E-state index in [9.17, 15) is 0 Å². The quantitative estimate of drug-likeness (QED) is 0.681. The number of rotatable bonds is 4. The van der Waals surface area contributed by atoms with Gasteiger partial charge >= 0.3 is 0 Å². The van der Waals surface area contributed by atoms with Crippen LogP contribution in [0.1, 0.15) is 32.0 Å². The Balaban J connectivity index is 2.82. The summed E-state index contributed by atoms with van der Waals surface area (Å²) in [6, 6.07) is 0. The molecule has 1 unspecified atom stereocenters. The first kappa shape index (κ1) is 8.97. The summed E-state index contributed by atoms with van der Waals surface area (Å²) in [5, 5.41) is 7.14. The lowest BCUT2D eigenvalue weighted by atomic mass is 10.2. The van der Waals surface area contributed by atoms with Crippen LogP contribution in [-0.4, -0.2) is 15.8 Å². The number of aromatic nitrogens is 2. The van der Waals surface area contributed by atoms with Crippen molar-refractivity contribution in [3.05, 3.63) is 18.2 Å². The number of hydrogen-bond donors (Lipinski definition) is 1. The van der Waals surface area contributed by atoms with Gasteiger partial charge in [-0.05, 0) is 6.42 Å². The Labute approximate surface area is 72.9 Å². The Morgan fingerprint density at radius 3 is 3.08 bits per heavy atom. The molecule has 0 aliphatic carbocycles. The molecule has 0 saturated carbocycles. The minimum atomic E-state index is 0.131. The van der Waals surface area contributed by atoms with Crippen molar-refractivity contribution in [2.75, 3.05) is 0 Å². The van der Waals surface area contributed by atoms with Gasteiger partial charge in [0.25, 0.3) is 0 Å². The molecule has 0 aliphatic heterocycles. The number of hydrogen-bond acceptors (Lipinski definition) is 2. The maximum Gasteiger partial charge on any atom is 0.116 e. The molecule has 1 aromatic heterocycles. The molecule has 1 rings (SSSR count). The van der Waals surface area contributed by atoms with Crippen LogP contribution in [0, 0.1) is 5.41 Å². The van der Waals surface area contributed by atoms with E-state index in [4.69, 9.17) is 5.41 Å². The minimum absolute atomic E-state index is 0.131. The molecular formula is C9H15N3. The monoisotopic (exact) mass is 165 g/mol. The Kier molecular flexibility index (Phi) is 3.02. The zero-order valence-electron chi connectivity index (χ0n) is 7.62. The third-order valence-electron chi connectivity index (χ3n) is 1.87. The van der Waals surface area contributed by atoms with Crippen molar-refractivity contribution in [3.63, 3.8) is 0 Å². The van der Waals surface area contributed by atoms with Gasteiger partial charge in [0.1, 0.15) is 5.82 Å². The summed E-state index contributed by atoms with van der Waals surface area (Å²) in [7, 11) is 0. The lowest BCUT2D eigenvalue weighted by Crippen LogP contribution is -2.06. The third-order valence-corrected chi connectivity index (χ3v) is 1.87. The van der Waals surface area contributed by atoms with Gasteiger partial charge in [-0.15, -0.1) is 0 Å². The van der Waals surface area contributed by atoms with Crippen LogP contribution >= 0.6 is 0 Å². The smallest absolute Gasteiger partial charge is 0.116 e. The van der Waals surface area contributed by atoms with Gasteiger partial charge in [-0.3, -0.25) is 0 Å². The normalized spacial score (nSPS) is 12.8. The first-order valence-corrected chi connectivity index (χ1v) is 4.31. The molecule has 0 fully saturated rings. The summed E-state index contributed by atoms with van der Waals surface area (Å²) in [5.74, 6) is 1.12. The molecule has 3 nitrogen and oxygen atoms in total. The van der Waals surface area contributed by atoms with Crippen molar-refractivity contribution < 1.29 is 0 Å². The Morgan fingerprint density at radius 1 is 1.75 bits per heavy atom. The average molecular weight is 165 g/mol.